The predicted molar refractivity (Wildman–Crippen MR) is 79.7 cm³/mol. The Hall–Kier alpha value is -1.54. The molecule has 0 saturated carbocycles. The summed E-state index contributed by atoms with van der Waals surface area (Å²) in [7, 11) is 0. The molecule has 20 heavy (non-hydrogen) atoms. The fourth-order valence-corrected chi connectivity index (χ4v) is 1.79. The Balaban J connectivity index is 2.34. The molecule has 1 rings (SSSR count). The van der Waals surface area contributed by atoms with Crippen LogP contribution in [0.2, 0.25) is 0 Å². The van der Waals surface area contributed by atoms with Crippen molar-refractivity contribution in [2.45, 2.75) is 13.3 Å². The van der Waals surface area contributed by atoms with E-state index in [0.717, 1.165) is 37.4 Å². The second kappa shape index (κ2) is 10.3. The number of aliphatic hydroxyl groups is 2. The molecule has 0 aliphatic rings. The predicted octanol–water partition coefficient (Wildman–Crippen LogP) is 1.11. The van der Waals surface area contributed by atoms with E-state index in [4.69, 9.17) is 14.9 Å². The number of aliphatic hydroxyl groups excluding tert-OH is 2. The van der Waals surface area contributed by atoms with Crippen LogP contribution in [0.15, 0.2) is 24.3 Å². The van der Waals surface area contributed by atoms with Gasteiger partial charge in [0.2, 0.25) is 0 Å². The molecule has 2 N–H and O–H groups in total. The average Bonchev–Trinajstić information content (AvgIpc) is 2.49. The third kappa shape index (κ3) is 6.58. The summed E-state index contributed by atoms with van der Waals surface area (Å²) in [4.78, 5) is 2.25. The van der Waals surface area contributed by atoms with Gasteiger partial charge in [-0.15, -0.1) is 0 Å². The SMILES string of the molecule is CCN(CCCO)CCOc1ccc(C#CCO)cc1. The van der Waals surface area contributed by atoms with Gasteiger partial charge in [0, 0.05) is 25.3 Å². The van der Waals surface area contributed by atoms with E-state index in [2.05, 4.69) is 23.7 Å². The molecular weight excluding hydrogens is 254 g/mol. The van der Waals surface area contributed by atoms with Gasteiger partial charge in [-0.2, -0.15) is 0 Å². The zero-order valence-corrected chi connectivity index (χ0v) is 12.0. The van der Waals surface area contributed by atoms with Crippen LogP contribution in [-0.2, 0) is 0 Å². The van der Waals surface area contributed by atoms with Gasteiger partial charge in [-0.1, -0.05) is 18.8 Å². The fraction of sp³-hybridized carbons (Fsp3) is 0.500. The molecule has 4 heteroatoms. The van der Waals surface area contributed by atoms with Crippen molar-refractivity contribution < 1.29 is 14.9 Å². The first-order valence-corrected chi connectivity index (χ1v) is 6.96. The molecule has 110 valence electrons. The summed E-state index contributed by atoms with van der Waals surface area (Å²) < 4.78 is 5.68. The van der Waals surface area contributed by atoms with Gasteiger partial charge in [-0.05, 0) is 37.2 Å². The highest BCUT2D eigenvalue weighted by Crippen LogP contribution is 2.11. The van der Waals surface area contributed by atoms with E-state index >= 15 is 0 Å². The van der Waals surface area contributed by atoms with E-state index in [1.807, 2.05) is 24.3 Å². The molecule has 0 amide bonds. The summed E-state index contributed by atoms with van der Waals surface area (Å²) >= 11 is 0. The highest BCUT2D eigenvalue weighted by Gasteiger charge is 2.02. The van der Waals surface area contributed by atoms with Crippen LogP contribution >= 0.6 is 0 Å². The van der Waals surface area contributed by atoms with E-state index in [9.17, 15) is 0 Å². The van der Waals surface area contributed by atoms with Gasteiger partial charge >= 0.3 is 0 Å². The first kappa shape index (κ1) is 16.5. The van der Waals surface area contributed by atoms with Crippen LogP contribution in [0.5, 0.6) is 5.75 Å². The van der Waals surface area contributed by atoms with Crippen LogP contribution in [0.1, 0.15) is 18.9 Å². The second-order valence-electron chi connectivity index (χ2n) is 4.34. The maximum Gasteiger partial charge on any atom is 0.119 e. The zero-order valence-electron chi connectivity index (χ0n) is 12.0. The Bertz CT molecular complexity index is 420. The van der Waals surface area contributed by atoms with E-state index in [0.29, 0.717) is 6.61 Å². The summed E-state index contributed by atoms with van der Waals surface area (Å²) in [5.74, 6) is 6.26. The Kier molecular flexibility index (Phi) is 8.48. The molecule has 0 radical (unpaired) electrons. The third-order valence-corrected chi connectivity index (χ3v) is 2.92. The van der Waals surface area contributed by atoms with Gasteiger partial charge in [0.25, 0.3) is 0 Å². The van der Waals surface area contributed by atoms with Crippen LogP contribution in [0, 0.1) is 11.8 Å². The van der Waals surface area contributed by atoms with Crippen molar-refractivity contribution in [1.82, 2.24) is 4.90 Å². The molecular formula is C16H23NO3. The van der Waals surface area contributed by atoms with Gasteiger partial charge in [-0.3, -0.25) is 0 Å². The lowest BCUT2D eigenvalue weighted by atomic mass is 10.2. The summed E-state index contributed by atoms with van der Waals surface area (Å²) in [5, 5.41) is 17.4. The van der Waals surface area contributed by atoms with Crippen molar-refractivity contribution in [2.24, 2.45) is 0 Å². The van der Waals surface area contributed by atoms with Crippen LogP contribution in [0.4, 0.5) is 0 Å². The van der Waals surface area contributed by atoms with Gasteiger partial charge in [0.1, 0.15) is 19.0 Å². The monoisotopic (exact) mass is 277 g/mol. The molecule has 0 aromatic heterocycles. The summed E-state index contributed by atoms with van der Waals surface area (Å²) in [6.07, 6.45) is 0.798. The van der Waals surface area contributed by atoms with Crippen molar-refractivity contribution in [3.8, 4) is 17.6 Å². The molecule has 0 unspecified atom stereocenters. The fourth-order valence-electron chi connectivity index (χ4n) is 1.79. The number of benzene rings is 1. The van der Waals surface area contributed by atoms with Gasteiger partial charge in [-0.25, -0.2) is 0 Å². The van der Waals surface area contributed by atoms with E-state index in [1.165, 1.54) is 0 Å². The van der Waals surface area contributed by atoms with Crippen LogP contribution < -0.4 is 4.74 Å². The summed E-state index contributed by atoms with van der Waals surface area (Å²) in [5.41, 5.74) is 0.865. The third-order valence-electron chi connectivity index (χ3n) is 2.92. The highest BCUT2D eigenvalue weighted by molar-refractivity contribution is 5.38. The van der Waals surface area contributed by atoms with Crippen LogP contribution in [0.3, 0.4) is 0 Å². The minimum absolute atomic E-state index is 0.126. The molecule has 0 aliphatic carbocycles. The highest BCUT2D eigenvalue weighted by atomic mass is 16.5. The Morgan fingerprint density at radius 1 is 1.15 bits per heavy atom. The average molecular weight is 277 g/mol. The Labute approximate surface area is 121 Å². The molecule has 1 aromatic rings. The number of hydrogen-bond donors (Lipinski definition) is 2. The van der Waals surface area contributed by atoms with E-state index < -0.39 is 0 Å². The van der Waals surface area contributed by atoms with Crippen LogP contribution in [-0.4, -0.2) is 54.6 Å². The molecule has 0 fully saturated rings. The number of likely N-dealkylation sites (N-methyl/N-ethyl adjacent to an activating group) is 1. The van der Waals surface area contributed by atoms with Crippen molar-refractivity contribution in [3.63, 3.8) is 0 Å². The normalized spacial score (nSPS) is 10.2. The summed E-state index contributed by atoms with van der Waals surface area (Å²) in [6.45, 7) is 5.53. The van der Waals surface area contributed by atoms with Crippen molar-refractivity contribution >= 4 is 0 Å². The lowest BCUT2D eigenvalue weighted by Gasteiger charge is -2.19. The number of ether oxygens (including phenoxy) is 1. The maximum absolute atomic E-state index is 8.82. The van der Waals surface area contributed by atoms with Crippen LogP contribution in [0.25, 0.3) is 0 Å². The van der Waals surface area contributed by atoms with E-state index in [1.54, 1.807) is 0 Å². The minimum Gasteiger partial charge on any atom is -0.492 e. The van der Waals surface area contributed by atoms with Crippen molar-refractivity contribution in [1.29, 1.82) is 0 Å². The number of hydrogen-bond acceptors (Lipinski definition) is 4. The molecule has 0 saturated heterocycles. The maximum atomic E-state index is 8.82. The second-order valence-corrected chi connectivity index (χ2v) is 4.34. The smallest absolute Gasteiger partial charge is 0.119 e. The largest absolute Gasteiger partial charge is 0.492 e. The Morgan fingerprint density at radius 3 is 2.50 bits per heavy atom. The number of nitrogens with zero attached hydrogens (tertiary/aromatic N) is 1. The topological polar surface area (TPSA) is 52.9 Å². The first-order valence-electron chi connectivity index (χ1n) is 6.96. The van der Waals surface area contributed by atoms with Crippen molar-refractivity contribution in [2.75, 3.05) is 39.5 Å². The molecule has 1 aromatic carbocycles. The standard InChI is InChI=1S/C16H23NO3/c1-2-17(10-4-13-19)11-14-20-16-8-6-15(7-9-16)5-3-12-18/h6-9,18-19H,2,4,10-14H2,1H3. The quantitative estimate of drug-likeness (QED) is 0.699. The number of rotatable bonds is 8. The molecule has 0 atom stereocenters. The summed E-state index contributed by atoms with van der Waals surface area (Å²) in [6, 6.07) is 7.51. The van der Waals surface area contributed by atoms with Gasteiger partial charge in [0.15, 0.2) is 0 Å². The minimum atomic E-state index is -0.126. The molecule has 0 bridgehead atoms. The van der Waals surface area contributed by atoms with Gasteiger partial charge in [0.05, 0.1) is 0 Å². The van der Waals surface area contributed by atoms with E-state index in [-0.39, 0.29) is 13.2 Å². The van der Waals surface area contributed by atoms with Gasteiger partial charge < -0.3 is 19.8 Å². The molecule has 0 spiro atoms. The molecule has 4 nitrogen and oxygen atoms in total. The Morgan fingerprint density at radius 2 is 1.90 bits per heavy atom. The zero-order chi connectivity index (χ0) is 14.6. The molecule has 0 heterocycles. The lowest BCUT2D eigenvalue weighted by molar-refractivity contribution is 0.195. The lowest BCUT2D eigenvalue weighted by Crippen LogP contribution is -2.29. The molecule has 0 aliphatic heterocycles. The van der Waals surface area contributed by atoms with Crippen molar-refractivity contribution in [3.05, 3.63) is 29.8 Å². The first-order chi connectivity index (χ1) is 9.80.